The van der Waals surface area contributed by atoms with Crippen molar-refractivity contribution in [3.8, 4) is 0 Å². The van der Waals surface area contributed by atoms with Crippen molar-refractivity contribution in [2.24, 2.45) is 0 Å². The minimum Gasteiger partial charge on any atom is -0.411 e. The summed E-state index contributed by atoms with van der Waals surface area (Å²) in [5, 5.41) is 0.632. The molecule has 0 atom stereocenters. The maximum atomic E-state index is 11.5. The normalized spacial score (nSPS) is 11.2. The highest BCUT2D eigenvalue weighted by Gasteiger charge is 2.06. The highest BCUT2D eigenvalue weighted by molar-refractivity contribution is 7.18. The molecule has 0 N–H and O–H groups in total. The first-order chi connectivity index (χ1) is 9.81. The second-order valence-corrected chi connectivity index (χ2v) is 6.41. The Kier molecular flexibility index (Phi) is 6.25. The molecule has 2 aromatic heterocycles. The Labute approximate surface area is 124 Å². The standard InChI is InChI=1S/C16H23NO2S/c1-2-3-4-5-6-7-8-9-10-13-11-14-15(20-13)17-12-19-16(14)18/h11-12H,2-10H2,1H3. The van der Waals surface area contributed by atoms with Gasteiger partial charge in [-0.1, -0.05) is 51.9 Å². The molecule has 3 nitrogen and oxygen atoms in total. The van der Waals surface area contributed by atoms with E-state index in [4.69, 9.17) is 4.42 Å². The lowest BCUT2D eigenvalue weighted by Crippen LogP contribution is -1.96. The molecule has 0 bridgehead atoms. The summed E-state index contributed by atoms with van der Waals surface area (Å²) in [6.45, 7) is 2.25. The number of hydrogen-bond acceptors (Lipinski definition) is 4. The quantitative estimate of drug-likeness (QED) is 0.615. The van der Waals surface area contributed by atoms with Crippen LogP contribution in [0.5, 0.6) is 0 Å². The zero-order chi connectivity index (χ0) is 14.2. The molecule has 2 aromatic rings. The van der Waals surface area contributed by atoms with Gasteiger partial charge < -0.3 is 4.42 Å². The zero-order valence-corrected chi connectivity index (χ0v) is 13.0. The smallest absolute Gasteiger partial charge is 0.347 e. The molecule has 0 aliphatic carbocycles. The highest BCUT2D eigenvalue weighted by Crippen LogP contribution is 2.22. The van der Waals surface area contributed by atoms with Crippen molar-refractivity contribution in [1.82, 2.24) is 4.98 Å². The van der Waals surface area contributed by atoms with Crippen LogP contribution in [-0.2, 0) is 6.42 Å². The summed E-state index contributed by atoms with van der Waals surface area (Å²) in [4.78, 5) is 17.6. The molecule has 2 rings (SSSR count). The van der Waals surface area contributed by atoms with Gasteiger partial charge in [-0.15, -0.1) is 11.3 Å². The van der Waals surface area contributed by atoms with Crippen LogP contribution in [0.1, 0.15) is 63.2 Å². The van der Waals surface area contributed by atoms with Gasteiger partial charge in [-0.2, -0.15) is 0 Å². The first-order valence-electron chi connectivity index (χ1n) is 7.67. The number of thiophene rings is 1. The van der Waals surface area contributed by atoms with Crippen LogP contribution < -0.4 is 5.63 Å². The van der Waals surface area contributed by atoms with Gasteiger partial charge in [0.2, 0.25) is 0 Å². The van der Waals surface area contributed by atoms with Crippen LogP contribution in [0.4, 0.5) is 0 Å². The molecule has 20 heavy (non-hydrogen) atoms. The fourth-order valence-corrected chi connectivity index (χ4v) is 3.43. The van der Waals surface area contributed by atoms with E-state index in [1.165, 1.54) is 62.6 Å². The van der Waals surface area contributed by atoms with Gasteiger partial charge >= 0.3 is 5.63 Å². The van der Waals surface area contributed by atoms with E-state index in [9.17, 15) is 4.79 Å². The molecule has 0 amide bonds. The van der Waals surface area contributed by atoms with Crippen LogP contribution in [0.15, 0.2) is 21.7 Å². The van der Waals surface area contributed by atoms with Crippen molar-refractivity contribution >= 4 is 21.6 Å². The van der Waals surface area contributed by atoms with Crippen LogP contribution in [0, 0.1) is 0 Å². The number of fused-ring (bicyclic) bond motifs is 1. The molecule has 2 heterocycles. The van der Waals surface area contributed by atoms with Gasteiger partial charge in [0.05, 0.1) is 5.39 Å². The molecule has 0 aliphatic rings. The summed E-state index contributed by atoms with van der Waals surface area (Å²) in [6, 6.07) is 1.94. The molecule has 0 aliphatic heterocycles. The van der Waals surface area contributed by atoms with Gasteiger partial charge in [0.25, 0.3) is 0 Å². The van der Waals surface area contributed by atoms with E-state index < -0.39 is 0 Å². The molecule has 4 heteroatoms. The van der Waals surface area contributed by atoms with Crippen molar-refractivity contribution in [3.63, 3.8) is 0 Å². The molecule has 0 unspecified atom stereocenters. The Bertz CT molecular complexity index is 573. The average molecular weight is 293 g/mol. The molecular weight excluding hydrogens is 270 g/mol. The van der Waals surface area contributed by atoms with Crippen molar-refractivity contribution in [1.29, 1.82) is 0 Å². The predicted octanol–water partition coefficient (Wildman–Crippen LogP) is 4.93. The molecule has 0 aromatic carbocycles. The van der Waals surface area contributed by atoms with Gasteiger partial charge in [0.1, 0.15) is 4.83 Å². The molecule has 110 valence electrons. The molecule has 0 saturated carbocycles. The Balaban J connectivity index is 1.68. The lowest BCUT2D eigenvalue weighted by molar-refractivity contribution is 0.502. The van der Waals surface area contributed by atoms with E-state index in [2.05, 4.69) is 11.9 Å². The number of nitrogens with zero attached hydrogens (tertiary/aromatic N) is 1. The van der Waals surface area contributed by atoms with Gasteiger partial charge in [-0.25, -0.2) is 9.78 Å². The van der Waals surface area contributed by atoms with Gasteiger partial charge in [0.15, 0.2) is 6.39 Å². The second kappa shape index (κ2) is 8.20. The second-order valence-electron chi connectivity index (χ2n) is 5.30. The van der Waals surface area contributed by atoms with Crippen LogP contribution in [0.2, 0.25) is 0 Å². The highest BCUT2D eigenvalue weighted by atomic mass is 32.1. The van der Waals surface area contributed by atoms with Crippen molar-refractivity contribution < 1.29 is 4.42 Å². The Morgan fingerprint density at radius 3 is 2.50 bits per heavy atom. The summed E-state index contributed by atoms with van der Waals surface area (Å²) in [5.74, 6) is 0. The van der Waals surface area contributed by atoms with Crippen molar-refractivity contribution in [2.45, 2.75) is 64.7 Å². The summed E-state index contributed by atoms with van der Waals surface area (Å²) >= 11 is 1.62. The Morgan fingerprint density at radius 1 is 1.10 bits per heavy atom. The summed E-state index contributed by atoms with van der Waals surface area (Å²) < 4.78 is 4.78. The fourth-order valence-electron chi connectivity index (χ4n) is 2.42. The zero-order valence-electron chi connectivity index (χ0n) is 12.2. The lowest BCUT2D eigenvalue weighted by Gasteiger charge is -2.00. The van der Waals surface area contributed by atoms with E-state index in [-0.39, 0.29) is 5.63 Å². The molecular formula is C16H23NO2S. The number of aryl methyl sites for hydroxylation is 1. The SMILES string of the molecule is CCCCCCCCCCc1cc2c(=O)ocnc2s1. The Morgan fingerprint density at radius 2 is 1.80 bits per heavy atom. The third-order valence-electron chi connectivity index (χ3n) is 3.59. The largest absolute Gasteiger partial charge is 0.411 e. The maximum absolute atomic E-state index is 11.5. The number of aromatic nitrogens is 1. The molecule has 0 saturated heterocycles. The first kappa shape index (κ1) is 15.2. The van der Waals surface area contributed by atoms with Gasteiger partial charge in [-0.3, -0.25) is 0 Å². The molecule has 0 fully saturated rings. The fraction of sp³-hybridized carbons (Fsp3) is 0.625. The average Bonchev–Trinajstić information content (AvgIpc) is 2.86. The third kappa shape index (κ3) is 4.44. The summed E-state index contributed by atoms with van der Waals surface area (Å²) in [6.07, 6.45) is 12.9. The topological polar surface area (TPSA) is 43.1 Å². The first-order valence-corrected chi connectivity index (χ1v) is 8.49. The van der Waals surface area contributed by atoms with E-state index in [1.54, 1.807) is 11.3 Å². The minimum absolute atomic E-state index is 0.270. The van der Waals surface area contributed by atoms with E-state index in [1.807, 2.05) is 6.07 Å². The molecule has 0 spiro atoms. The van der Waals surface area contributed by atoms with E-state index in [0.717, 1.165) is 11.3 Å². The number of rotatable bonds is 9. The number of unbranched alkanes of at least 4 members (excludes halogenated alkanes) is 7. The Hall–Kier alpha value is -1.16. The van der Waals surface area contributed by atoms with Crippen LogP contribution in [-0.4, -0.2) is 4.98 Å². The van der Waals surface area contributed by atoms with Crippen LogP contribution >= 0.6 is 11.3 Å². The van der Waals surface area contributed by atoms with Crippen molar-refractivity contribution in [2.75, 3.05) is 0 Å². The van der Waals surface area contributed by atoms with Crippen LogP contribution in [0.25, 0.3) is 10.2 Å². The third-order valence-corrected chi connectivity index (χ3v) is 4.69. The van der Waals surface area contributed by atoms with Gasteiger partial charge in [-0.05, 0) is 18.9 Å². The van der Waals surface area contributed by atoms with Gasteiger partial charge in [0, 0.05) is 4.88 Å². The molecule has 0 radical (unpaired) electrons. The van der Waals surface area contributed by atoms with E-state index >= 15 is 0 Å². The predicted molar refractivity (Wildman–Crippen MR) is 84.5 cm³/mol. The summed E-state index contributed by atoms with van der Waals surface area (Å²) in [7, 11) is 0. The lowest BCUT2D eigenvalue weighted by atomic mass is 10.1. The summed E-state index contributed by atoms with van der Waals surface area (Å²) in [5.41, 5.74) is -0.270. The minimum atomic E-state index is -0.270. The number of hydrogen-bond donors (Lipinski definition) is 0. The monoisotopic (exact) mass is 293 g/mol. The van der Waals surface area contributed by atoms with Crippen molar-refractivity contribution in [3.05, 3.63) is 27.8 Å². The van der Waals surface area contributed by atoms with E-state index in [0.29, 0.717) is 5.39 Å². The maximum Gasteiger partial charge on any atom is 0.347 e. The van der Waals surface area contributed by atoms with Crippen LogP contribution in [0.3, 0.4) is 0 Å².